The summed E-state index contributed by atoms with van der Waals surface area (Å²) in [6.07, 6.45) is 1.36. The number of pyridine rings is 1. The van der Waals surface area contributed by atoms with Crippen LogP contribution < -0.4 is 5.32 Å². The van der Waals surface area contributed by atoms with Crippen LogP contribution in [0.25, 0.3) is 0 Å². The zero-order valence-corrected chi connectivity index (χ0v) is 10.2. The number of hydrogen-bond donors (Lipinski definition) is 2. The Kier molecular flexibility index (Phi) is 3.99. The highest BCUT2D eigenvalue weighted by Gasteiger charge is 2.28. The van der Waals surface area contributed by atoms with E-state index >= 15 is 0 Å². The highest BCUT2D eigenvalue weighted by molar-refractivity contribution is 9.09. The molecule has 16 heavy (non-hydrogen) atoms. The minimum atomic E-state index is -1.48. The van der Waals surface area contributed by atoms with Crippen molar-refractivity contribution in [3.8, 4) is 6.07 Å². The predicted molar refractivity (Wildman–Crippen MR) is 62.0 cm³/mol. The van der Waals surface area contributed by atoms with E-state index in [4.69, 9.17) is 5.26 Å². The van der Waals surface area contributed by atoms with Gasteiger partial charge in [0.2, 0.25) is 0 Å². The number of anilines is 1. The molecule has 0 fully saturated rings. The van der Waals surface area contributed by atoms with Crippen molar-refractivity contribution in [2.45, 2.75) is 12.5 Å². The topological polar surface area (TPSA) is 86.0 Å². The average molecular weight is 284 g/mol. The van der Waals surface area contributed by atoms with Gasteiger partial charge in [-0.2, -0.15) is 5.26 Å². The molecular weight excluding hydrogens is 274 g/mol. The van der Waals surface area contributed by atoms with E-state index in [1.165, 1.54) is 19.2 Å². The Morgan fingerprint density at radius 1 is 1.75 bits per heavy atom. The molecule has 0 unspecified atom stereocenters. The van der Waals surface area contributed by atoms with E-state index < -0.39 is 11.5 Å². The highest BCUT2D eigenvalue weighted by atomic mass is 79.9. The first-order chi connectivity index (χ1) is 7.49. The molecule has 1 rings (SSSR count). The molecule has 6 heteroatoms. The summed E-state index contributed by atoms with van der Waals surface area (Å²) in [5.41, 5.74) is -0.774. The SMILES string of the molecule is C[C@](O)(CBr)C(=O)Nc1ccc(C#N)nc1. The molecule has 1 atom stereocenters. The molecular formula is C10H10BrN3O2. The van der Waals surface area contributed by atoms with Crippen LogP contribution in [0.1, 0.15) is 12.6 Å². The van der Waals surface area contributed by atoms with Crippen molar-refractivity contribution in [1.82, 2.24) is 4.98 Å². The van der Waals surface area contributed by atoms with Crippen molar-refractivity contribution in [3.05, 3.63) is 24.0 Å². The number of amides is 1. The van der Waals surface area contributed by atoms with Crippen LogP contribution in [-0.4, -0.2) is 26.9 Å². The third-order valence-electron chi connectivity index (χ3n) is 1.89. The molecule has 0 aliphatic carbocycles. The minimum absolute atomic E-state index is 0.134. The largest absolute Gasteiger partial charge is 0.379 e. The van der Waals surface area contributed by atoms with E-state index in [1.807, 2.05) is 6.07 Å². The van der Waals surface area contributed by atoms with Crippen molar-refractivity contribution < 1.29 is 9.90 Å². The van der Waals surface area contributed by atoms with E-state index in [0.717, 1.165) is 0 Å². The number of aliphatic hydroxyl groups is 1. The number of carbonyl (C=O) groups is 1. The smallest absolute Gasteiger partial charge is 0.256 e. The van der Waals surface area contributed by atoms with Crippen molar-refractivity contribution in [1.29, 1.82) is 5.26 Å². The fourth-order valence-electron chi connectivity index (χ4n) is 0.860. The van der Waals surface area contributed by atoms with E-state index in [-0.39, 0.29) is 11.0 Å². The lowest BCUT2D eigenvalue weighted by atomic mass is 10.1. The molecule has 0 spiro atoms. The first kappa shape index (κ1) is 12.6. The first-order valence-electron chi connectivity index (χ1n) is 4.45. The van der Waals surface area contributed by atoms with Gasteiger partial charge in [0.05, 0.1) is 11.9 Å². The third-order valence-corrected chi connectivity index (χ3v) is 2.98. The minimum Gasteiger partial charge on any atom is -0.379 e. The molecule has 0 bridgehead atoms. The van der Waals surface area contributed by atoms with Gasteiger partial charge in [-0.25, -0.2) is 4.98 Å². The Labute approximate surface area is 101 Å². The number of rotatable bonds is 3. The molecule has 0 radical (unpaired) electrons. The first-order valence-corrected chi connectivity index (χ1v) is 5.57. The molecule has 0 saturated carbocycles. The van der Waals surface area contributed by atoms with Gasteiger partial charge in [0.15, 0.2) is 0 Å². The summed E-state index contributed by atoms with van der Waals surface area (Å²) in [6.45, 7) is 1.40. The van der Waals surface area contributed by atoms with E-state index in [9.17, 15) is 9.90 Å². The molecule has 0 aromatic carbocycles. The Bertz CT molecular complexity index is 423. The highest BCUT2D eigenvalue weighted by Crippen LogP contribution is 2.12. The van der Waals surface area contributed by atoms with Gasteiger partial charge < -0.3 is 10.4 Å². The lowest BCUT2D eigenvalue weighted by Gasteiger charge is -2.19. The molecule has 5 nitrogen and oxygen atoms in total. The Balaban J connectivity index is 2.75. The molecule has 1 aromatic rings. The van der Waals surface area contributed by atoms with E-state index in [2.05, 4.69) is 26.2 Å². The van der Waals surface area contributed by atoms with Gasteiger partial charge >= 0.3 is 0 Å². The van der Waals surface area contributed by atoms with Gasteiger partial charge in [0.25, 0.3) is 5.91 Å². The van der Waals surface area contributed by atoms with Gasteiger partial charge in [-0.05, 0) is 19.1 Å². The van der Waals surface area contributed by atoms with Crippen molar-refractivity contribution in [3.63, 3.8) is 0 Å². The van der Waals surface area contributed by atoms with Crippen LogP contribution in [0.15, 0.2) is 18.3 Å². The fraction of sp³-hybridized carbons (Fsp3) is 0.300. The normalized spacial score (nSPS) is 13.6. The molecule has 0 aliphatic rings. The number of aromatic nitrogens is 1. The summed E-state index contributed by atoms with van der Waals surface area (Å²) in [5, 5.41) is 20.8. The summed E-state index contributed by atoms with van der Waals surface area (Å²) in [5.74, 6) is -0.532. The molecule has 0 aliphatic heterocycles. The maximum Gasteiger partial charge on any atom is 0.256 e. The molecule has 0 saturated heterocycles. The zero-order chi connectivity index (χ0) is 12.2. The fourth-order valence-corrected chi connectivity index (χ4v) is 1.12. The summed E-state index contributed by atoms with van der Waals surface area (Å²) in [4.78, 5) is 15.3. The second-order valence-electron chi connectivity index (χ2n) is 3.41. The Hall–Kier alpha value is -1.45. The van der Waals surface area contributed by atoms with Crippen LogP contribution >= 0.6 is 15.9 Å². The summed E-state index contributed by atoms with van der Waals surface area (Å²) in [7, 11) is 0. The Morgan fingerprint density at radius 3 is 2.88 bits per heavy atom. The molecule has 2 N–H and O–H groups in total. The van der Waals surface area contributed by atoms with E-state index in [1.54, 1.807) is 6.07 Å². The maximum atomic E-state index is 11.5. The third kappa shape index (κ3) is 3.02. The van der Waals surface area contributed by atoms with Crippen LogP contribution in [0.5, 0.6) is 0 Å². The quantitative estimate of drug-likeness (QED) is 0.812. The number of carbonyl (C=O) groups excluding carboxylic acids is 1. The van der Waals surface area contributed by atoms with Gasteiger partial charge in [-0.1, -0.05) is 15.9 Å². The van der Waals surface area contributed by atoms with Crippen LogP contribution in [0.2, 0.25) is 0 Å². The maximum absolute atomic E-state index is 11.5. The number of nitrogens with zero attached hydrogens (tertiary/aromatic N) is 2. The molecule has 1 amide bonds. The van der Waals surface area contributed by atoms with Gasteiger partial charge in [-0.15, -0.1) is 0 Å². The molecule has 84 valence electrons. The lowest BCUT2D eigenvalue weighted by Crippen LogP contribution is -2.41. The molecule has 1 heterocycles. The predicted octanol–water partition coefficient (Wildman–Crippen LogP) is 1.04. The number of hydrogen-bond acceptors (Lipinski definition) is 4. The standard InChI is InChI=1S/C10H10BrN3O2/c1-10(16,6-11)9(15)14-8-3-2-7(4-12)13-5-8/h2-3,5,16H,6H2,1H3,(H,14,15)/t10-/m0/s1. The van der Waals surface area contributed by atoms with Crippen LogP contribution in [-0.2, 0) is 4.79 Å². The lowest BCUT2D eigenvalue weighted by molar-refractivity contribution is -0.130. The molecule has 1 aromatic heterocycles. The number of nitrogens with one attached hydrogen (secondary N) is 1. The average Bonchev–Trinajstić information content (AvgIpc) is 2.30. The second-order valence-corrected chi connectivity index (χ2v) is 3.97. The Morgan fingerprint density at radius 2 is 2.44 bits per heavy atom. The van der Waals surface area contributed by atoms with Crippen molar-refractivity contribution >= 4 is 27.5 Å². The number of halogens is 1. The van der Waals surface area contributed by atoms with Crippen molar-refractivity contribution in [2.75, 3.05) is 10.6 Å². The van der Waals surface area contributed by atoms with E-state index in [0.29, 0.717) is 5.69 Å². The van der Waals surface area contributed by atoms with Crippen LogP contribution in [0, 0.1) is 11.3 Å². The summed E-state index contributed by atoms with van der Waals surface area (Å²) in [6, 6.07) is 4.90. The van der Waals surface area contributed by atoms with Gasteiger partial charge in [-0.3, -0.25) is 4.79 Å². The summed E-state index contributed by atoms with van der Waals surface area (Å²) < 4.78 is 0. The van der Waals surface area contributed by atoms with Gasteiger partial charge in [0.1, 0.15) is 17.4 Å². The van der Waals surface area contributed by atoms with Gasteiger partial charge in [0, 0.05) is 5.33 Å². The van der Waals surface area contributed by atoms with Crippen LogP contribution in [0.3, 0.4) is 0 Å². The number of nitriles is 1. The van der Waals surface area contributed by atoms with Crippen LogP contribution in [0.4, 0.5) is 5.69 Å². The number of alkyl halides is 1. The monoisotopic (exact) mass is 283 g/mol. The summed E-state index contributed by atoms with van der Waals surface area (Å²) >= 11 is 3.04. The second kappa shape index (κ2) is 5.05. The zero-order valence-electron chi connectivity index (χ0n) is 8.57. The van der Waals surface area contributed by atoms with Crippen molar-refractivity contribution in [2.24, 2.45) is 0 Å².